The Labute approximate surface area is 724 Å². The van der Waals surface area contributed by atoms with Crippen LogP contribution in [-0.4, -0.2) is 106 Å². The summed E-state index contributed by atoms with van der Waals surface area (Å²) in [6.45, 7) is 5.36. The molecule has 0 aliphatic carbocycles. The molecule has 11 heterocycles. The van der Waals surface area contributed by atoms with Gasteiger partial charge in [-0.1, -0.05) is 82.0 Å². The Balaban J connectivity index is 0.000000137. The van der Waals surface area contributed by atoms with E-state index in [1.54, 1.807) is 102 Å². The van der Waals surface area contributed by atoms with E-state index in [1.165, 1.54) is 39.8 Å². The number of rotatable bonds is 14. The number of aromatic amines is 3. The van der Waals surface area contributed by atoms with E-state index in [0.717, 1.165) is 76.4 Å². The van der Waals surface area contributed by atoms with Gasteiger partial charge in [-0.2, -0.15) is 52.7 Å². The minimum absolute atomic E-state index is 0.00883. The lowest BCUT2D eigenvalue weighted by Crippen LogP contribution is -2.19. The Hall–Kier alpha value is -14.2. The number of hydrogen-bond acceptors (Lipinski definition) is 18. The zero-order chi connectivity index (χ0) is 90.2. The molecule has 9 N–H and O–H groups in total. The summed E-state index contributed by atoms with van der Waals surface area (Å²) in [4.78, 5) is 112. The number of carbonyl (C=O) groups excluding carboxylic acids is 5. The van der Waals surface area contributed by atoms with Crippen LogP contribution < -0.4 is 36.5 Å². The van der Waals surface area contributed by atoms with Gasteiger partial charge in [0.1, 0.15) is 51.7 Å². The molecule has 0 unspecified atom stereocenters. The molecule has 0 atom stereocenters. The number of para-hydroxylation sites is 4. The van der Waals surface area contributed by atoms with Gasteiger partial charge < -0.3 is 50.7 Å². The number of carbonyl (C=O) groups is 5. The van der Waals surface area contributed by atoms with Gasteiger partial charge in [0.05, 0.1) is 110 Å². The highest BCUT2D eigenvalue weighted by Crippen LogP contribution is 2.42. The second kappa shape index (κ2) is 35.6. The smallest absolute Gasteiger partial charge is 0.433 e. The molecular weight excluding hydrogens is 1780 g/mol. The van der Waals surface area contributed by atoms with Crippen LogP contribution in [0.15, 0.2) is 182 Å². The molecule has 5 amide bonds. The molecule has 0 bridgehead atoms. The third kappa shape index (κ3) is 19.9. The van der Waals surface area contributed by atoms with Crippen molar-refractivity contribution in [1.29, 1.82) is 0 Å². The highest BCUT2D eigenvalue weighted by molar-refractivity contribution is 7.19. The first-order valence-corrected chi connectivity index (χ1v) is 38.8. The number of halogens is 16. The Morgan fingerprint density at radius 2 is 0.833 bits per heavy atom. The number of primary amides is 1. The number of fused-ring (bicyclic) bond motifs is 5. The Morgan fingerprint density at radius 1 is 0.429 bits per heavy atom. The number of aromatic nitrogens is 14. The van der Waals surface area contributed by atoms with Gasteiger partial charge >= 0.3 is 24.7 Å². The molecule has 0 fully saturated rings. The van der Waals surface area contributed by atoms with Crippen LogP contribution in [0.2, 0.25) is 20.2 Å². The summed E-state index contributed by atoms with van der Waals surface area (Å²) < 4.78 is 166. The van der Waals surface area contributed by atoms with Gasteiger partial charge in [-0.3, -0.25) is 34.3 Å². The van der Waals surface area contributed by atoms with Crippen LogP contribution in [0.3, 0.4) is 0 Å². The number of hydrogen-bond donors (Lipinski definition) is 8. The fourth-order valence-electron chi connectivity index (χ4n) is 12.6. The molecule has 126 heavy (non-hydrogen) atoms. The number of anilines is 4. The molecule has 1 aliphatic rings. The highest BCUT2D eigenvalue weighted by Gasteiger charge is 2.37. The summed E-state index contributed by atoms with van der Waals surface area (Å²) in [6, 6.07) is 41.5. The molecular formula is C83H55Cl4F12N19O7S. The van der Waals surface area contributed by atoms with E-state index in [1.807, 2.05) is 24.3 Å². The van der Waals surface area contributed by atoms with Crippen molar-refractivity contribution in [3.63, 3.8) is 0 Å². The molecule has 642 valence electrons. The average Bonchev–Trinajstić information content (AvgIpc) is 1.62. The van der Waals surface area contributed by atoms with Crippen LogP contribution in [0.25, 0.3) is 89.0 Å². The number of ether oxygens (including phenoxy) is 2. The summed E-state index contributed by atoms with van der Waals surface area (Å²) in [7, 11) is 0. The number of nitrogens with two attached hydrogens (primary N) is 1. The van der Waals surface area contributed by atoms with Crippen LogP contribution in [-0.2, 0) is 36.0 Å². The van der Waals surface area contributed by atoms with Gasteiger partial charge in [-0.05, 0) is 161 Å². The number of benzene rings is 6. The van der Waals surface area contributed by atoms with E-state index < -0.39 is 77.0 Å². The standard InChI is InChI=1S/C23H17ClF3N5O2.C22H14ClF3N4O3.C20H13ClF3N5O.C18H11ClF3N5OS/c1-12-14(7-9-19(29-12)23(25,26)27)22(34)30-13-6-8-16(24)15(10-13)21-31-17-4-2-3-5-18(17)32(21)11-20(28)33;1-10-12(3-5-19(27-10)22(24,25)26)21(31)28-11-2-4-14(23)13(6-11)20-29-15-7-17-18(33-9-32-17)8-16(15)30-20;1-10-12(3-5-17(26-10)20(22,23)24)19(30)27-11-2-4-14(21)13(8-11)18-28-15-6-7-25-9-16(15)29-18;1-8-9(6-7-12(23-8)18(20,21)22)16(28)27-17-26-14(19)13(29-17)15-24-10-4-2-3-5-11(10)25-15/h2-10H,11H2,1H3,(H2,28,33)(H,30,34);2-8H,9H2,1H3,(H,28,31)(H,29,30);2-9H,1H3,(H,27,30)(H,28,29);2-7H,1H3,(H,24,25)(H,26,27,28). The van der Waals surface area contributed by atoms with Crippen molar-refractivity contribution in [1.82, 2.24) is 69.4 Å². The molecule has 0 radical (unpaired) electrons. The van der Waals surface area contributed by atoms with Crippen molar-refractivity contribution in [3.05, 3.63) is 270 Å². The van der Waals surface area contributed by atoms with Gasteiger partial charge in [0.25, 0.3) is 23.6 Å². The summed E-state index contributed by atoms with van der Waals surface area (Å²) >= 11 is 26.3. The number of H-pyrrole nitrogens is 3. The first kappa shape index (κ1) is 88.2. The molecule has 26 nitrogen and oxygen atoms in total. The van der Waals surface area contributed by atoms with E-state index in [-0.39, 0.29) is 68.7 Å². The number of nitrogens with zero attached hydrogens (tertiary/aromatic N) is 11. The number of nitrogens with one attached hydrogen (secondary N) is 7. The van der Waals surface area contributed by atoms with Crippen molar-refractivity contribution in [2.75, 3.05) is 28.1 Å². The third-order valence-corrected chi connectivity index (χ3v) is 20.9. The molecule has 17 rings (SSSR count). The number of alkyl halides is 12. The molecule has 16 aromatic rings. The second-order valence-electron chi connectivity index (χ2n) is 27.2. The minimum Gasteiger partial charge on any atom is -0.454 e. The largest absolute Gasteiger partial charge is 0.454 e. The Morgan fingerprint density at radius 3 is 1.29 bits per heavy atom. The summed E-state index contributed by atoms with van der Waals surface area (Å²) in [5.41, 5.74) is 9.33. The van der Waals surface area contributed by atoms with Crippen molar-refractivity contribution in [2.24, 2.45) is 5.73 Å². The zero-order valence-corrected chi connectivity index (χ0v) is 68.4. The number of aryl methyl sites for hydroxylation is 4. The number of thiazole rings is 1. The maximum Gasteiger partial charge on any atom is 0.433 e. The van der Waals surface area contributed by atoms with Gasteiger partial charge in [0.15, 0.2) is 27.6 Å². The molecule has 43 heteroatoms. The molecule has 0 saturated heterocycles. The van der Waals surface area contributed by atoms with Crippen molar-refractivity contribution < 1.29 is 86.1 Å². The molecule has 10 aromatic heterocycles. The molecule has 0 saturated carbocycles. The minimum atomic E-state index is -4.61. The van der Waals surface area contributed by atoms with Crippen molar-refractivity contribution in [3.8, 4) is 56.4 Å². The predicted octanol–water partition coefficient (Wildman–Crippen LogP) is 21.0. The van der Waals surface area contributed by atoms with Crippen LogP contribution in [0.1, 0.15) is 87.0 Å². The van der Waals surface area contributed by atoms with Gasteiger partial charge in [-0.25, -0.2) is 44.9 Å². The van der Waals surface area contributed by atoms with Crippen LogP contribution in [0.5, 0.6) is 11.5 Å². The Bertz CT molecular complexity index is 6890. The SMILES string of the molecule is Cc1nc(C(F)(F)F)ccc1C(=O)Nc1ccc(Cl)c(-c2nc3cc4c(cc3[nH]2)OCO4)c1.Cc1nc(C(F)(F)F)ccc1C(=O)Nc1ccc(Cl)c(-c2nc3ccccc3n2CC(N)=O)c1.Cc1nc(C(F)(F)F)ccc1C(=O)Nc1ccc(Cl)c(-c2nc3ccncc3[nH]2)c1.Cc1nc(C(F)(F)F)ccc1C(=O)Nc1nc(Cl)c(-c2nc3ccccc3[nH]2)s1. The van der Waals surface area contributed by atoms with Crippen molar-refractivity contribution >= 4 is 154 Å². The average molecular weight is 1830 g/mol. The maximum absolute atomic E-state index is 12.9. The third-order valence-electron chi connectivity index (χ3n) is 18.5. The van der Waals surface area contributed by atoms with Crippen LogP contribution >= 0.6 is 57.7 Å². The first-order chi connectivity index (χ1) is 59.7. The fraction of sp³-hybridized carbons (Fsp3) is 0.120. The Kier molecular flexibility index (Phi) is 24.9. The van der Waals surface area contributed by atoms with Crippen LogP contribution in [0, 0.1) is 27.7 Å². The quantitative estimate of drug-likeness (QED) is 0.0469. The zero-order valence-electron chi connectivity index (χ0n) is 64.5. The van der Waals surface area contributed by atoms with E-state index in [0.29, 0.717) is 116 Å². The second-order valence-corrected chi connectivity index (χ2v) is 29.8. The lowest BCUT2D eigenvalue weighted by atomic mass is 10.1. The van der Waals surface area contributed by atoms with Gasteiger partial charge in [-0.15, -0.1) is 0 Å². The molecule has 6 aromatic carbocycles. The fourth-order valence-corrected chi connectivity index (χ4v) is 14.4. The van der Waals surface area contributed by atoms with Gasteiger partial charge in [0, 0.05) is 52.1 Å². The van der Waals surface area contributed by atoms with E-state index in [2.05, 4.69) is 86.1 Å². The van der Waals surface area contributed by atoms with E-state index in [9.17, 15) is 76.7 Å². The molecule has 1 aliphatic heterocycles. The predicted molar refractivity (Wildman–Crippen MR) is 446 cm³/mol. The first-order valence-electron chi connectivity index (χ1n) is 36.5. The topological polar surface area (TPSA) is 359 Å². The van der Waals surface area contributed by atoms with E-state index in [4.69, 9.17) is 61.6 Å². The highest BCUT2D eigenvalue weighted by atomic mass is 35.5. The summed E-state index contributed by atoms with van der Waals surface area (Å²) in [5, 5.41) is 11.9. The van der Waals surface area contributed by atoms with Gasteiger partial charge in [0.2, 0.25) is 12.7 Å². The number of amides is 5. The maximum atomic E-state index is 12.9. The normalized spacial score (nSPS) is 12.0. The molecule has 0 spiro atoms. The van der Waals surface area contributed by atoms with Crippen molar-refractivity contribution in [2.45, 2.75) is 58.9 Å². The van der Waals surface area contributed by atoms with E-state index >= 15 is 0 Å². The number of pyridine rings is 5. The lowest BCUT2D eigenvalue weighted by molar-refractivity contribution is -0.142. The number of imidazole rings is 4. The summed E-state index contributed by atoms with van der Waals surface area (Å²) in [5.74, 6) is -0.0199. The lowest BCUT2D eigenvalue weighted by Gasteiger charge is -2.13. The summed E-state index contributed by atoms with van der Waals surface area (Å²) in [6.07, 6.45) is -15.1. The monoisotopic (exact) mass is 1830 g/mol. The van der Waals surface area contributed by atoms with Crippen LogP contribution in [0.4, 0.5) is 74.9 Å².